The SMILES string of the molecule is CCCCCCCC(CCCC)OC(=O)c1ccccc1.CCCCCCCCCCCCCC(=O)OC(C)C. The van der Waals surface area contributed by atoms with E-state index in [2.05, 4.69) is 20.8 Å². The van der Waals surface area contributed by atoms with Crippen molar-refractivity contribution in [3.8, 4) is 0 Å². The molecule has 0 fully saturated rings. The molecule has 232 valence electrons. The molecule has 1 rings (SSSR count). The monoisotopic (exact) mass is 560 g/mol. The van der Waals surface area contributed by atoms with Crippen molar-refractivity contribution in [1.82, 2.24) is 0 Å². The number of benzene rings is 1. The van der Waals surface area contributed by atoms with Crippen LogP contribution in [0.25, 0.3) is 0 Å². The maximum Gasteiger partial charge on any atom is 0.338 e. The van der Waals surface area contributed by atoms with Gasteiger partial charge in [-0.3, -0.25) is 4.79 Å². The van der Waals surface area contributed by atoms with Gasteiger partial charge in [0.2, 0.25) is 0 Å². The third-order valence-corrected chi connectivity index (χ3v) is 7.14. The molecule has 0 spiro atoms. The number of ether oxygens (including phenoxy) is 2. The standard InChI is InChI=1S/C19H30O2.C17H34O2/c1-3-5-7-8-12-16-18(15-6-4-2)21-19(20)17-13-10-9-11-14-17;1-4-5-6-7-8-9-10-11-12-13-14-15-17(18)19-16(2)3/h9-11,13-14,18H,3-8,12,15-16H2,1-2H3;16H,4-15H2,1-3H3. The Morgan fingerprint density at radius 2 is 1.02 bits per heavy atom. The highest BCUT2D eigenvalue weighted by atomic mass is 16.5. The lowest BCUT2D eigenvalue weighted by Crippen LogP contribution is -2.18. The van der Waals surface area contributed by atoms with Crippen molar-refractivity contribution in [2.75, 3.05) is 0 Å². The van der Waals surface area contributed by atoms with Gasteiger partial charge < -0.3 is 9.47 Å². The van der Waals surface area contributed by atoms with Crippen LogP contribution in [0.5, 0.6) is 0 Å². The summed E-state index contributed by atoms with van der Waals surface area (Å²) in [5.41, 5.74) is 0.657. The second-order valence-electron chi connectivity index (χ2n) is 11.6. The predicted molar refractivity (Wildman–Crippen MR) is 171 cm³/mol. The molecule has 0 amide bonds. The molecule has 0 saturated heterocycles. The Morgan fingerprint density at radius 3 is 1.52 bits per heavy atom. The zero-order valence-corrected chi connectivity index (χ0v) is 27.0. The molecule has 0 bridgehead atoms. The van der Waals surface area contributed by atoms with Crippen LogP contribution in [0.2, 0.25) is 0 Å². The molecule has 1 aromatic rings. The smallest absolute Gasteiger partial charge is 0.338 e. The van der Waals surface area contributed by atoms with Crippen molar-refractivity contribution in [3.05, 3.63) is 35.9 Å². The van der Waals surface area contributed by atoms with Gasteiger partial charge in [-0.15, -0.1) is 0 Å². The van der Waals surface area contributed by atoms with Gasteiger partial charge in [0.25, 0.3) is 0 Å². The summed E-state index contributed by atoms with van der Waals surface area (Å²) in [5, 5.41) is 0. The number of rotatable bonds is 24. The van der Waals surface area contributed by atoms with Gasteiger partial charge in [-0.05, 0) is 51.7 Å². The molecule has 4 nitrogen and oxygen atoms in total. The Labute approximate surface area is 248 Å². The molecule has 0 aromatic heterocycles. The first-order valence-electron chi connectivity index (χ1n) is 16.9. The van der Waals surface area contributed by atoms with Crippen molar-refractivity contribution >= 4 is 11.9 Å². The first-order valence-corrected chi connectivity index (χ1v) is 16.9. The summed E-state index contributed by atoms with van der Waals surface area (Å²) in [6.07, 6.45) is 25.7. The lowest BCUT2D eigenvalue weighted by atomic mass is 10.0. The van der Waals surface area contributed by atoms with E-state index in [1.54, 1.807) is 0 Å². The zero-order valence-electron chi connectivity index (χ0n) is 27.0. The summed E-state index contributed by atoms with van der Waals surface area (Å²) in [6.45, 7) is 10.5. The lowest BCUT2D eigenvalue weighted by molar-refractivity contribution is -0.147. The quantitative estimate of drug-likeness (QED) is 0.0932. The van der Waals surface area contributed by atoms with Crippen LogP contribution in [0.4, 0.5) is 0 Å². The maximum atomic E-state index is 12.1. The molecule has 0 heterocycles. The molecule has 0 aliphatic rings. The molecule has 0 saturated carbocycles. The minimum atomic E-state index is -0.176. The summed E-state index contributed by atoms with van der Waals surface area (Å²) in [5.74, 6) is -0.212. The van der Waals surface area contributed by atoms with Crippen molar-refractivity contribution < 1.29 is 19.1 Å². The second kappa shape index (κ2) is 28.7. The molecular weight excluding hydrogens is 496 g/mol. The van der Waals surface area contributed by atoms with E-state index in [0.29, 0.717) is 12.0 Å². The summed E-state index contributed by atoms with van der Waals surface area (Å²) in [6, 6.07) is 9.31. The first-order chi connectivity index (χ1) is 19.4. The Bertz CT molecular complexity index is 685. The van der Waals surface area contributed by atoms with Crippen molar-refractivity contribution in [3.63, 3.8) is 0 Å². The molecule has 0 aliphatic heterocycles. The van der Waals surface area contributed by atoms with Crippen LogP contribution in [0.15, 0.2) is 30.3 Å². The fraction of sp³-hybridized carbons (Fsp3) is 0.778. The molecule has 1 atom stereocenters. The summed E-state index contributed by atoms with van der Waals surface area (Å²) in [7, 11) is 0. The van der Waals surface area contributed by atoms with E-state index in [4.69, 9.17) is 9.47 Å². The van der Waals surface area contributed by atoms with Gasteiger partial charge in [0.1, 0.15) is 6.10 Å². The minimum absolute atomic E-state index is 0.0280. The third-order valence-electron chi connectivity index (χ3n) is 7.14. The summed E-state index contributed by atoms with van der Waals surface area (Å²) < 4.78 is 10.8. The van der Waals surface area contributed by atoms with Crippen LogP contribution in [-0.2, 0) is 14.3 Å². The van der Waals surface area contributed by atoms with E-state index >= 15 is 0 Å². The fourth-order valence-electron chi connectivity index (χ4n) is 4.72. The first kappa shape index (κ1) is 38.2. The third kappa shape index (κ3) is 25.1. The Morgan fingerprint density at radius 1 is 0.575 bits per heavy atom. The Balaban J connectivity index is 0.000000765. The number of esters is 2. The fourth-order valence-corrected chi connectivity index (χ4v) is 4.72. The van der Waals surface area contributed by atoms with Gasteiger partial charge in [-0.1, -0.05) is 142 Å². The minimum Gasteiger partial charge on any atom is -0.463 e. The molecule has 40 heavy (non-hydrogen) atoms. The Hall–Kier alpha value is -1.84. The molecule has 4 heteroatoms. The highest BCUT2D eigenvalue weighted by Crippen LogP contribution is 2.17. The van der Waals surface area contributed by atoms with E-state index in [1.807, 2.05) is 44.2 Å². The van der Waals surface area contributed by atoms with Crippen LogP contribution in [0, 0.1) is 0 Å². The van der Waals surface area contributed by atoms with E-state index < -0.39 is 0 Å². The highest BCUT2D eigenvalue weighted by molar-refractivity contribution is 5.89. The molecule has 0 aliphatic carbocycles. The van der Waals surface area contributed by atoms with Crippen LogP contribution in [0.1, 0.15) is 180 Å². The van der Waals surface area contributed by atoms with Crippen LogP contribution in [0.3, 0.4) is 0 Å². The van der Waals surface area contributed by atoms with Gasteiger partial charge in [0, 0.05) is 6.42 Å². The van der Waals surface area contributed by atoms with E-state index in [1.165, 1.54) is 89.9 Å². The summed E-state index contributed by atoms with van der Waals surface area (Å²) in [4.78, 5) is 23.4. The second-order valence-corrected chi connectivity index (χ2v) is 11.6. The number of carbonyl (C=O) groups excluding carboxylic acids is 2. The average molecular weight is 561 g/mol. The van der Waals surface area contributed by atoms with E-state index in [-0.39, 0.29) is 24.1 Å². The molecule has 1 aromatic carbocycles. The van der Waals surface area contributed by atoms with Crippen LogP contribution in [-0.4, -0.2) is 24.1 Å². The molecule has 0 N–H and O–H groups in total. The van der Waals surface area contributed by atoms with Gasteiger partial charge in [-0.25, -0.2) is 4.79 Å². The normalized spacial score (nSPS) is 11.6. The highest BCUT2D eigenvalue weighted by Gasteiger charge is 2.15. The van der Waals surface area contributed by atoms with Gasteiger partial charge in [0.15, 0.2) is 0 Å². The van der Waals surface area contributed by atoms with Gasteiger partial charge >= 0.3 is 11.9 Å². The maximum absolute atomic E-state index is 12.1. The van der Waals surface area contributed by atoms with E-state index in [0.717, 1.165) is 38.5 Å². The lowest BCUT2D eigenvalue weighted by Gasteiger charge is -2.17. The number of hydrogen-bond acceptors (Lipinski definition) is 4. The van der Waals surface area contributed by atoms with Crippen LogP contribution < -0.4 is 0 Å². The zero-order chi connectivity index (χ0) is 29.7. The van der Waals surface area contributed by atoms with Gasteiger partial charge in [-0.2, -0.15) is 0 Å². The van der Waals surface area contributed by atoms with Gasteiger partial charge in [0.05, 0.1) is 11.7 Å². The van der Waals surface area contributed by atoms with Crippen LogP contribution >= 0.6 is 0 Å². The number of unbranched alkanes of at least 4 members (excludes halogenated alkanes) is 15. The summed E-state index contributed by atoms with van der Waals surface area (Å²) >= 11 is 0. The average Bonchev–Trinajstić information content (AvgIpc) is 2.94. The van der Waals surface area contributed by atoms with Crippen molar-refractivity contribution in [2.45, 2.75) is 182 Å². The molecule has 1 unspecified atom stereocenters. The molecular formula is C36H64O4. The predicted octanol–water partition coefficient (Wildman–Crippen LogP) is 11.4. The van der Waals surface area contributed by atoms with Crippen molar-refractivity contribution in [2.24, 2.45) is 0 Å². The van der Waals surface area contributed by atoms with Crippen molar-refractivity contribution in [1.29, 1.82) is 0 Å². The Kier molecular flexibility index (Phi) is 27.4. The molecule has 0 radical (unpaired) electrons. The van der Waals surface area contributed by atoms with E-state index in [9.17, 15) is 9.59 Å². The topological polar surface area (TPSA) is 52.6 Å². The largest absolute Gasteiger partial charge is 0.463 e. The number of hydrogen-bond donors (Lipinski definition) is 0. The number of carbonyl (C=O) groups is 2.